The number of carboxylic acid groups (broad SMARTS) is 1. The van der Waals surface area contributed by atoms with Crippen LogP contribution in [0.5, 0.6) is 0 Å². The Morgan fingerprint density at radius 2 is 1.67 bits per heavy atom. The minimum atomic E-state index is -0.892. The molecule has 2 aromatic carbocycles. The molecule has 7 heteroatoms. The molecule has 2 amide bonds. The van der Waals surface area contributed by atoms with Gasteiger partial charge >= 0.3 is 12.1 Å². The first-order valence-electron chi connectivity index (χ1n) is 11.5. The number of amides is 2. The lowest BCUT2D eigenvalue weighted by atomic mass is 9.90. The van der Waals surface area contributed by atoms with Gasteiger partial charge in [-0.3, -0.25) is 9.59 Å². The minimum absolute atomic E-state index is 0.0572. The second-order valence-corrected chi connectivity index (χ2v) is 9.05. The monoisotopic (exact) mass is 450 g/mol. The zero-order valence-electron chi connectivity index (χ0n) is 19.0. The van der Waals surface area contributed by atoms with Crippen molar-refractivity contribution in [3.05, 3.63) is 59.7 Å². The zero-order valence-corrected chi connectivity index (χ0v) is 19.0. The summed E-state index contributed by atoms with van der Waals surface area (Å²) < 4.78 is 5.58. The number of nitrogens with zero attached hydrogens (tertiary/aromatic N) is 1. The smallest absolute Gasteiger partial charge is 0.407 e. The van der Waals surface area contributed by atoms with Crippen LogP contribution in [0.3, 0.4) is 0 Å². The highest BCUT2D eigenvalue weighted by Crippen LogP contribution is 2.44. The maximum Gasteiger partial charge on any atom is 0.407 e. The van der Waals surface area contributed by atoms with Gasteiger partial charge in [-0.05, 0) is 41.0 Å². The fraction of sp³-hybridized carbons (Fsp3) is 0.423. The van der Waals surface area contributed by atoms with Crippen LogP contribution in [0.15, 0.2) is 48.5 Å². The van der Waals surface area contributed by atoms with Crippen molar-refractivity contribution in [2.45, 2.75) is 38.6 Å². The third kappa shape index (κ3) is 4.72. The second kappa shape index (κ2) is 9.65. The average Bonchev–Trinajstić information content (AvgIpc) is 3.14. The third-order valence-corrected chi connectivity index (χ3v) is 6.66. The lowest BCUT2D eigenvalue weighted by molar-refractivity contribution is -0.147. The molecule has 0 aromatic heterocycles. The molecule has 3 atom stereocenters. The number of hydrogen-bond donors (Lipinski definition) is 2. The van der Waals surface area contributed by atoms with Crippen molar-refractivity contribution in [2.24, 2.45) is 11.8 Å². The second-order valence-electron chi connectivity index (χ2n) is 9.05. The highest BCUT2D eigenvalue weighted by Gasteiger charge is 2.35. The summed E-state index contributed by atoms with van der Waals surface area (Å²) >= 11 is 0. The van der Waals surface area contributed by atoms with E-state index in [1.54, 1.807) is 4.90 Å². The van der Waals surface area contributed by atoms with E-state index in [1.807, 2.05) is 38.1 Å². The van der Waals surface area contributed by atoms with E-state index in [0.29, 0.717) is 19.4 Å². The van der Waals surface area contributed by atoms with Gasteiger partial charge in [-0.2, -0.15) is 0 Å². The van der Waals surface area contributed by atoms with Crippen molar-refractivity contribution >= 4 is 18.0 Å². The molecule has 1 aliphatic heterocycles. The Morgan fingerprint density at radius 3 is 2.24 bits per heavy atom. The Kier molecular flexibility index (Phi) is 6.67. The quantitative estimate of drug-likeness (QED) is 0.697. The highest BCUT2D eigenvalue weighted by atomic mass is 16.5. The number of alkyl carbamates (subject to hydrolysis) is 1. The molecule has 1 saturated heterocycles. The van der Waals surface area contributed by atoms with Gasteiger partial charge in [-0.1, -0.05) is 62.4 Å². The number of aliphatic carboxylic acids is 1. The van der Waals surface area contributed by atoms with Crippen LogP contribution in [0.1, 0.15) is 43.7 Å². The summed E-state index contributed by atoms with van der Waals surface area (Å²) in [6.07, 6.45) is 0.304. The number of fused-ring (bicyclic) bond motifs is 3. The van der Waals surface area contributed by atoms with Crippen LogP contribution in [0.2, 0.25) is 0 Å². The van der Waals surface area contributed by atoms with Crippen molar-refractivity contribution in [3.63, 3.8) is 0 Å². The summed E-state index contributed by atoms with van der Waals surface area (Å²) in [4.78, 5) is 38.7. The van der Waals surface area contributed by atoms with E-state index >= 15 is 0 Å². The Balaban J connectivity index is 1.39. The number of piperidine rings is 1. The van der Waals surface area contributed by atoms with Gasteiger partial charge in [0.15, 0.2) is 0 Å². The third-order valence-electron chi connectivity index (χ3n) is 6.66. The maximum absolute atomic E-state index is 13.0. The summed E-state index contributed by atoms with van der Waals surface area (Å²) in [5, 5.41) is 12.1. The van der Waals surface area contributed by atoms with Crippen LogP contribution in [-0.4, -0.2) is 53.7 Å². The van der Waals surface area contributed by atoms with Crippen LogP contribution in [0, 0.1) is 11.8 Å². The first-order chi connectivity index (χ1) is 15.9. The Morgan fingerprint density at radius 1 is 1.06 bits per heavy atom. The van der Waals surface area contributed by atoms with Crippen LogP contribution in [0.4, 0.5) is 4.79 Å². The van der Waals surface area contributed by atoms with Gasteiger partial charge in [-0.15, -0.1) is 0 Å². The van der Waals surface area contributed by atoms with E-state index in [4.69, 9.17) is 4.74 Å². The molecule has 2 N–H and O–H groups in total. The summed E-state index contributed by atoms with van der Waals surface area (Å²) in [5.41, 5.74) is 4.54. The van der Waals surface area contributed by atoms with E-state index in [1.165, 1.54) is 0 Å². The molecule has 0 radical (unpaired) electrons. The van der Waals surface area contributed by atoms with E-state index in [0.717, 1.165) is 22.3 Å². The highest BCUT2D eigenvalue weighted by molar-refractivity contribution is 5.86. The van der Waals surface area contributed by atoms with Crippen LogP contribution in [-0.2, 0) is 14.3 Å². The first-order valence-corrected chi connectivity index (χ1v) is 11.5. The van der Waals surface area contributed by atoms with Crippen molar-refractivity contribution in [2.75, 3.05) is 19.7 Å². The van der Waals surface area contributed by atoms with Gasteiger partial charge in [0.25, 0.3) is 0 Å². The molecular weight excluding hydrogens is 420 g/mol. The van der Waals surface area contributed by atoms with Gasteiger partial charge in [0.1, 0.15) is 12.6 Å². The fourth-order valence-electron chi connectivity index (χ4n) is 5.05. The van der Waals surface area contributed by atoms with Gasteiger partial charge in [0, 0.05) is 19.0 Å². The molecule has 174 valence electrons. The molecule has 1 aliphatic carbocycles. The van der Waals surface area contributed by atoms with Crippen molar-refractivity contribution in [3.8, 4) is 11.1 Å². The number of carbonyl (C=O) groups excluding carboxylic acids is 2. The lowest BCUT2D eigenvalue weighted by Gasteiger charge is -2.36. The van der Waals surface area contributed by atoms with Crippen LogP contribution < -0.4 is 5.32 Å². The molecule has 7 nitrogen and oxygen atoms in total. The lowest BCUT2D eigenvalue weighted by Crippen LogP contribution is -2.53. The molecule has 2 aromatic rings. The standard InChI is InChI=1S/C26H30N2O5/c1-3-23(24(29)28-13-16(2)12-17(14-28)25(30)31)27-26(32)33-15-22-20-10-6-4-8-18(20)19-9-5-7-11-21(19)22/h4-11,16-17,22-23H,3,12-15H2,1-2H3,(H,27,32)(H,30,31)/t16?,17?,23-/m0/s1. The predicted molar refractivity (Wildman–Crippen MR) is 124 cm³/mol. The molecule has 1 fully saturated rings. The summed E-state index contributed by atoms with van der Waals surface area (Å²) in [5.74, 6) is -1.70. The Hall–Kier alpha value is -3.35. The van der Waals surface area contributed by atoms with Crippen LogP contribution >= 0.6 is 0 Å². The molecule has 0 saturated carbocycles. The van der Waals surface area contributed by atoms with Gasteiger partial charge in [0.2, 0.25) is 5.91 Å². The predicted octanol–water partition coefficient (Wildman–Crippen LogP) is 3.87. The number of carbonyl (C=O) groups is 3. The van der Waals surface area contributed by atoms with Crippen molar-refractivity contribution in [1.29, 1.82) is 0 Å². The Bertz CT molecular complexity index is 1010. The summed E-state index contributed by atoms with van der Waals surface area (Å²) in [6.45, 7) is 4.59. The number of ether oxygens (including phenoxy) is 1. The normalized spacial score (nSPS) is 20.5. The van der Waals surface area contributed by atoms with E-state index in [2.05, 4.69) is 29.6 Å². The topological polar surface area (TPSA) is 95.9 Å². The summed E-state index contributed by atoms with van der Waals surface area (Å²) in [6, 6.07) is 15.5. The number of nitrogens with one attached hydrogen (secondary N) is 1. The fourth-order valence-corrected chi connectivity index (χ4v) is 5.05. The number of hydrogen-bond acceptors (Lipinski definition) is 4. The number of likely N-dealkylation sites (tertiary alicyclic amines) is 1. The molecule has 2 aliphatic rings. The van der Waals surface area contributed by atoms with E-state index < -0.39 is 24.0 Å². The number of rotatable bonds is 6. The van der Waals surface area contributed by atoms with Crippen molar-refractivity contribution < 1.29 is 24.2 Å². The summed E-state index contributed by atoms with van der Waals surface area (Å²) in [7, 11) is 0. The first kappa shape index (κ1) is 22.8. The van der Waals surface area contributed by atoms with Crippen molar-refractivity contribution in [1.82, 2.24) is 10.2 Å². The molecule has 33 heavy (non-hydrogen) atoms. The van der Waals surface area contributed by atoms with E-state index in [9.17, 15) is 19.5 Å². The largest absolute Gasteiger partial charge is 0.481 e. The molecule has 0 bridgehead atoms. The van der Waals surface area contributed by atoms with E-state index in [-0.39, 0.29) is 30.9 Å². The maximum atomic E-state index is 13.0. The van der Waals surface area contributed by atoms with Gasteiger partial charge in [0.05, 0.1) is 5.92 Å². The minimum Gasteiger partial charge on any atom is -0.481 e. The van der Waals surface area contributed by atoms with Crippen LogP contribution in [0.25, 0.3) is 11.1 Å². The molecule has 4 rings (SSSR count). The molecule has 1 heterocycles. The number of benzene rings is 2. The average molecular weight is 451 g/mol. The zero-order chi connectivity index (χ0) is 23.5. The van der Waals surface area contributed by atoms with Gasteiger partial charge < -0.3 is 20.1 Å². The Labute approximate surface area is 193 Å². The molecule has 2 unspecified atom stereocenters. The SMILES string of the molecule is CC[C@H](NC(=O)OCC1c2ccccc2-c2ccccc21)C(=O)N1CC(C)CC(C(=O)O)C1. The molecular formula is C26H30N2O5. The van der Waals surface area contributed by atoms with Gasteiger partial charge in [-0.25, -0.2) is 4.79 Å². The number of carboxylic acids is 1. The molecule has 0 spiro atoms.